The molecule has 0 aliphatic carbocycles. The quantitative estimate of drug-likeness (QED) is 0.593. The van der Waals surface area contributed by atoms with Crippen molar-refractivity contribution in [2.24, 2.45) is 0 Å². The first-order valence-corrected chi connectivity index (χ1v) is 8.97. The number of hydrogen-bond donors (Lipinski definition) is 1. The van der Waals surface area contributed by atoms with Gasteiger partial charge in [-0.25, -0.2) is 4.39 Å². The Morgan fingerprint density at radius 1 is 1.24 bits per heavy atom. The Labute approximate surface area is 170 Å². The second-order valence-electron chi connectivity index (χ2n) is 6.26. The van der Waals surface area contributed by atoms with Gasteiger partial charge in [-0.2, -0.15) is 13.9 Å². The van der Waals surface area contributed by atoms with E-state index in [1.54, 1.807) is 19.9 Å². The van der Waals surface area contributed by atoms with Crippen LogP contribution in [0.4, 0.5) is 18.9 Å². The lowest BCUT2D eigenvalue weighted by molar-refractivity contribution is -0.0498. The molecule has 1 aromatic heterocycles. The average Bonchev–Trinajstić information content (AvgIpc) is 2.92. The predicted octanol–water partition coefficient (Wildman–Crippen LogP) is 5.19. The molecule has 0 atom stereocenters. The van der Waals surface area contributed by atoms with Gasteiger partial charge < -0.3 is 10.1 Å². The highest BCUT2D eigenvalue weighted by Crippen LogP contribution is 2.25. The monoisotopic (exact) mass is 423 g/mol. The maximum Gasteiger partial charge on any atom is 0.387 e. The van der Waals surface area contributed by atoms with Crippen LogP contribution in [0.25, 0.3) is 0 Å². The molecule has 3 rings (SSSR count). The van der Waals surface area contributed by atoms with Crippen molar-refractivity contribution in [3.8, 4) is 5.75 Å². The highest BCUT2D eigenvalue weighted by atomic mass is 35.5. The van der Waals surface area contributed by atoms with E-state index in [1.165, 1.54) is 41.1 Å². The molecule has 0 radical (unpaired) electrons. The zero-order valence-corrected chi connectivity index (χ0v) is 16.3. The predicted molar refractivity (Wildman–Crippen MR) is 103 cm³/mol. The lowest BCUT2D eigenvalue weighted by atomic mass is 10.2. The van der Waals surface area contributed by atoms with E-state index in [-0.39, 0.29) is 28.4 Å². The van der Waals surface area contributed by atoms with Crippen LogP contribution < -0.4 is 10.1 Å². The summed E-state index contributed by atoms with van der Waals surface area (Å²) >= 11 is 6.08. The number of aryl methyl sites for hydroxylation is 1. The summed E-state index contributed by atoms with van der Waals surface area (Å²) in [6.45, 7) is 0.520. The van der Waals surface area contributed by atoms with Crippen molar-refractivity contribution >= 4 is 23.2 Å². The summed E-state index contributed by atoms with van der Waals surface area (Å²) in [6.07, 6.45) is 0. The Bertz CT molecular complexity index is 1030. The molecule has 1 heterocycles. The van der Waals surface area contributed by atoms with Crippen LogP contribution in [0.15, 0.2) is 42.5 Å². The van der Waals surface area contributed by atoms with Gasteiger partial charge in [-0.15, -0.1) is 0 Å². The number of alkyl halides is 2. The molecule has 1 N–H and O–H groups in total. The van der Waals surface area contributed by atoms with Gasteiger partial charge >= 0.3 is 6.61 Å². The third kappa shape index (κ3) is 4.71. The molecular formula is C20H17ClF3N3O2. The molecule has 0 saturated carbocycles. The summed E-state index contributed by atoms with van der Waals surface area (Å²) in [5, 5.41) is 7.34. The molecule has 5 nitrogen and oxygen atoms in total. The Balaban J connectivity index is 1.83. The van der Waals surface area contributed by atoms with Gasteiger partial charge in [0.15, 0.2) is 0 Å². The Hall–Kier alpha value is -3.00. The number of aromatic nitrogens is 2. The molecule has 0 aliphatic rings. The molecule has 0 fully saturated rings. The van der Waals surface area contributed by atoms with Crippen LogP contribution in [-0.2, 0) is 6.54 Å². The van der Waals surface area contributed by atoms with Gasteiger partial charge in [0.25, 0.3) is 5.91 Å². The molecular weight excluding hydrogens is 407 g/mol. The van der Waals surface area contributed by atoms with Crippen LogP contribution in [-0.4, -0.2) is 22.3 Å². The smallest absolute Gasteiger partial charge is 0.387 e. The number of carbonyl (C=O) groups is 1. The van der Waals surface area contributed by atoms with E-state index in [0.717, 1.165) is 0 Å². The number of hydrogen-bond acceptors (Lipinski definition) is 3. The highest BCUT2D eigenvalue weighted by Gasteiger charge is 2.18. The van der Waals surface area contributed by atoms with Gasteiger partial charge in [0, 0.05) is 16.1 Å². The molecule has 29 heavy (non-hydrogen) atoms. The average molecular weight is 424 g/mol. The lowest BCUT2D eigenvalue weighted by Gasteiger charge is -2.10. The Morgan fingerprint density at radius 2 is 1.97 bits per heavy atom. The van der Waals surface area contributed by atoms with E-state index in [1.807, 2.05) is 0 Å². The van der Waals surface area contributed by atoms with E-state index >= 15 is 0 Å². The summed E-state index contributed by atoms with van der Waals surface area (Å²) in [6, 6.07) is 9.87. The van der Waals surface area contributed by atoms with Crippen LogP contribution in [0, 0.1) is 19.7 Å². The topological polar surface area (TPSA) is 56.2 Å². The molecule has 0 unspecified atom stereocenters. The molecule has 2 aromatic carbocycles. The van der Waals surface area contributed by atoms with Crippen LogP contribution in [0.3, 0.4) is 0 Å². The van der Waals surface area contributed by atoms with Gasteiger partial charge in [0.1, 0.15) is 11.6 Å². The molecule has 152 valence electrons. The fourth-order valence-electron chi connectivity index (χ4n) is 2.86. The van der Waals surface area contributed by atoms with Crippen LogP contribution >= 0.6 is 11.6 Å². The second kappa shape index (κ2) is 8.57. The number of halogens is 4. The van der Waals surface area contributed by atoms with Crippen molar-refractivity contribution in [1.29, 1.82) is 0 Å². The Morgan fingerprint density at radius 3 is 2.66 bits per heavy atom. The van der Waals surface area contributed by atoms with Crippen molar-refractivity contribution in [3.05, 3.63) is 75.8 Å². The molecule has 0 saturated heterocycles. The molecule has 9 heteroatoms. The van der Waals surface area contributed by atoms with E-state index in [4.69, 9.17) is 11.6 Å². The van der Waals surface area contributed by atoms with E-state index < -0.39 is 18.3 Å². The van der Waals surface area contributed by atoms with Crippen LogP contribution in [0.1, 0.15) is 27.3 Å². The molecule has 3 aromatic rings. The molecule has 0 aliphatic heterocycles. The van der Waals surface area contributed by atoms with E-state index in [0.29, 0.717) is 17.1 Å². The maximum atomic E-state index is 14.1. The van der Waals surface area contributed by atoms with Crippen LogP contribution in [0.2, 0.25) is 5.02 Å². The number of rotatable bonds is 6. The summed E-state index contributed by atoms with van der Waals surface area (Å²) in [5.74, 6) is -1.09. The van der Waals surface area contributed by atoms with Crippen molar-refractivity contribution in [1.82, 2.24) is 9.78 Å². The third-order valence-corrected chi connectivity index (χ3v) is 4.67. The minimum absolute atomic E-state index is 0.0891. The summed E-state index contributed by atoms with van der Waals surface area (Å²) in [4.78, 5) is 12.6. The lowest BCUT2D eigenvalue weighted by Crippen LogP contribution is -2.14. The number of nitrogens with one attached hydrogen (secondary N) is 1. The fourth-order valence-corrected chi connectivity index (χ4v) is 3.09. The summed E-state index contributed by atoms with van der Waals surface area (Å²) in [5.41, 5.74) is 1.99. The van der Waals surface area contributed by atoms with Gasteiger partial charge in [-0.1, -0.05) is 23.7 Å². The zero-order valence-electron chi connectivity index (χ0n) is 15.5. The molecule has 1 amide bonds. The van der Waals surface area contributed by atoms with Gasteiger partial charge in [-0.3, -0.25) is 9.48 Å². The number of benzene rings is 2. The van der Waals surface area contributed by atoms with E-state index in [2.05, 4.69) is 15.2 Å². The summed E-state index contributed by atoms with van der Waals surface area (Å²) < 4.78 is 44.7. The van der Waals surface area contributed by atoms with Crippen LogP contribution in [0.5, 0.6) is 5.75 Å². The minimum atomic E-state index is -2.98. The maximum absolute atomic E-state index is 14.1. The van der Waals surface area contributed by atoms with Gasteiger partial charge in [-0.05, 0) is 44.2 Å². The van der Waals surface area contributed by atoms with Crippen molar-refractivity contribution in [2.75, 3.05) is 5.32 Å². The summed E-state index contributed by atoms with van der Waals surface area (Å²) in [7, 11) is 0. The number of ether oxygens (including phenoxy) is 1. The fraction of sp³-hybridized carbons (Fsp3) is 0.200. The number of amides is 1. The van der Waals surface area contributed by atoms with E-state index in [9.17, 15) is 18.0 Å². The minimum Gasteiger partial charge on any atom is -0.435 e. The van der Waals surface area contributed by atoms with Gasteiger partial charge in [0.05, 0.1) is 23.6 Å². The second-order valence-corrected chi connectivity index (χ2v) is 6.67. The first kappa shape index (κ1) is 20.7. The number of carbonyl (C=O) groups excluding carboxylic acids is 1. The third-order valence-electron chi connectivity index (χ3n) is 4.31. The number of anilines is 1. The van der Waals surface area contributed by atoms with Crippen molar-refractivity contribution in [3.63, 3.8) is 0 Å². The highest BCUT2D eigenvalue weighted by molar-refractivity contribution is 6.31. The first-order chi connectivity index (χ1) is 13.8. The number of nitrogens with zero attached hydrogens (tertiary/aromatic N) is 2. The standard InChI is InChI=1S/C20H17ClF3N3O2/c1-11-18(25-19(28)13-5-3-6-14(9-13)29-20(23)24)12(2)27(26-11)10-15-16(21)7-4-8-17(15)22/h3-9,20H,10H2,1-2H3,(H,25,28). The Kier molecular flexibility index (Phi) is 6.12. The largest absolute Gasteiger partial charge is 0.435 e. The first-order valence-electron chi connectivity index (χ1n) is 8.59. The van der Waals surface area contributed by atoms with Gasteiger partial charge in [0.2, 0.25) is 0 Å². The zero-order chi connectivity index (χ0) is 21.1. The molecule has 0 spiro atoms. The normalized spacial score (nSPS) is 11.0. The molecule has 0 bridgehead atoms. The van der Waals surface area contributed by atoms with Crippen molar-refractivity contribution < 1.29 is 22.7 Å². The van der Waals surface area contributed by atoms with Crippen molar-refractivity contribution in [2.45, 2.75) is 27.0 Å². The SMILES string of the molecule is Cc1nn(Cc2c(F)cccc2Cl)c(C)c1NC(=O)c1cccc(OC(F)F)c1.